The van der Waals surface area contributed by atoms with Gasteiger partial charge in [0, 0.05) is 0 Å². The molecule has 0 aliphatic rings. The third-order valence-electron chi connectivity index (χ3n) is 2.24. The van der Waals surface area contributed by atoms with E-state index in [1.54, 1.807) is 0 Å². The molecular formula is C10H10F2O4S. The van der Waals surface area contributed by atoms with Crippen molar-refractivity contribution in [3.05, 3.63) is 35.4 Å². The van der Waals surface area contributed by atoms with E-state index >= 15 is 0 Å². The Bertz CT molecular complexity index is 539. The molecule has 94 valence electrons. The number of carboxylic acids is 1. The van der Waals surface area contributed by atoms with Crippen LogP contribution in [0.4, 0.5) is 8.78 Å². The van der Waals surface area contributed by atoms with E-state index in [0.717, 1.165) is 25.1 Å². The molecule has 0 radical (unpaired) electrons. The third-order valence-corrected chi connectivity index (χ3v) is 4.25. The first-order chi connectivity index (χ1) is 7.74. The Labute approximate surface area is 96.8 Å². The van der Waals surface area contributed by atoms with Gasteiger partial charge in [0.15, 0.2) is 26.7 Å². The Kier molecular flexibility index (Phi) is 3.82. The molecule has 0 aliphatic carbocycles. The van der Waals surface area contributed by atoms with Gasteiger partial charge in [0.1, 0.15) is 0 Å². The van der Waals surface area contributed by atoms with Crippen molar-refractivity contribution < 1.29 is 27.1 Å². The van der Waals surface area contributed by atoms with Crippen LogP contribution in [0, 0.1) is 11.6 Å². The molecule has 1 N–H and O–H groups in total. The first-order valence-electron chi connectivity index (χ1n) is 4.62. The van der Waals surface area contributed by atoms with Crippen LogP contribution in [-0.2, 0) is 20.4 Å². The predicted molar refractivity (Wildman–Crippen MR) is 56.1 cm³/mol. The smallest absolute Gasteiger partial charge is 0.321 e. The first kappa shape index (κ1) is 13.6. The van der Waals surface area contributed by atoms with Crippen molar-refractivity contribution >= 4 is 15.8 Å². The average Bonchev–Trinajstić information content (AvgIpc) is 2.22. The SMILES string of the molecule is CC(C(=O)O)S(=O)(=O)Cc1ccc(F)c(F)c1. The van der Waals surface area contributed by atoms with Gasteiger partial charge in [-0.15, -0.1) is 0 Å². The molecule has 0 saturated carbocycles. The van der Waals surface area contributed by atoms with Gasteiger partial charge < -0.3 is 5.11 Å². The molecule has 1 atom stereocenters. The summed E-state index contributed by atoms with van der Waals surface area (Å²) >= 11 is 0. The molecule has 0 bridgehead atoms. The largest absolute Gasteiger partial charge is 0.480 e. The third kappa shape index (κ3) is 3.23. The van der Waals surface area contributed by atoms with Gasteiger partial charge in [-0.05, 0) is 24.6 Å². The average molecular weight is 264 g/mol. The highest BCUT2D eigenvalue weighted by Gasteiger charge is 2.27. The van der Waals surface area contributed by atoms with Gasteiger partial charge in [0.25, 0.3) is 0 Å². The molecular weight excluding hydrogens is 254 g/mol. The molecule has 0 saturated heterocycles. The highest BCUT2D eigenvalue weighted by atomic mass is 32.2. The molecule has 17 heavy (non-hydrogen) atoms. The van der Waals surface area contributed by atoms with Crippen molar-refractivity contribution in [1.29, 1.82) is 0 Å². The number of rotatable bonds is 4. The Morgan fingerprint density at radius 3 is 2.41 bits per heavy atom. The van der Waals surface area contributed by atoms with Crippen LogP contribution in [0.5, 0.6) is 0 Å². The highest BCUT2D eigenvalue weighted by Crippen LogP contribution is 2.14. The lowest BCUT2D eigenvalue weighted by Crippen LogP contribution is -2.28. The molecule has 1 unspecified atom stereocenters. The van der Waals surface area contributed by atoms with Gasteiger partial charge in [-0.1, -0.05) is 6.07 Å². The van der Waals surface area contributed by atoms with Crippen LogP contribution in [0.25, 0.3) is 0 Å². The second-order valence-electron chi connectivity index (χ2n) is 3.54. The summed E-state index contributed by atoms with van der Waals surface area (Å²) in [5.74, 6) is -4.37. The summed E-state index contributed by atoms with van der Waals surface area (Å²) in [6, 6.07) is 2.64. The van der Waals surface area contributed by atoms with Crippen molar-refractivity contribution in [2.45, 2.75) is 17.9 Å². The summed E-state index contributed by atoms with van der Waals surface area (Å²) in [7, 11) is -3.93. The molecule has 0 spiro atoms. The van der Waals surface area contributed by atoms with E-state index in [0.29, 0.717) is 0 Å². The van der Waals surface area contributed by atoms with Crippen molar-refractivity contribution in [3.8, 4) is 0 Å². The Morgan fingerprint density at radius 2 is 1.94 bits per heavy atom. The van der Waals surface area contributed by atoms with E-state index < -0.39 is 38.4 Å². The lowest BCUT2D eigenvalue weighted by atomic mass is 10.2. The normalized spacial score (nSPS) is 13.4. The van der Waals surface area contributed by atoms with Gasteiger partial charge in [-0.3, -0.25) is 4.79 Å². The quantitative estimate of drug-likeness (QED) is 0.891. The van der Waals surface area contributed by atoms with Crippen LogP contribution in [0.2, 0.25) is 0 Å². The molecule has 1 aromatic carbocycles. The van der Waals surface area contributed by atoms with Gasteiger partial charge in [0.05, 0.1) is 5.75 Å². The van der Waals surface area contributed by atoms with Crippen LogP contribution in [-0.4, -0.2) is 24.7 Å². The number of hydrogen-bond donors (Lipinski definition) is 1. The minimum absolute atomic E-state index is 0.0111. The standard InChI is InChI=1S/C10H10F2O4S/c1-6(10(13)14)17(15,16)5-7-2-3-8(11)9(12)4-7/h2-4,6H,5H2,1H3,(H,13,14). The Hall–Kier alpha value is -1.50. The highest BCUT2D eigenvalue weighted by molar-refractivity contribution is 7.91. The Morgan fingerprint density at radius 1 is 1.35 bits per heavy atom. The number of sulfone groups is 1. The van der Waals surface area contributed by atoms with E-state index in [4.69, 9.17) is 5.11 Å². The van der Waals surface area contributed by atoms with Crippen LogP contribution in [0.1, 0.15) is 12.5 Å². The second-order valence-corrected chi connectivity index (χ2v) is 5.86. The molecule has 0 heterocycles. The zero-order valence-corrected chi connectivity index (χ0v) is 9.67. The summed E-state index contributed by atoms with van der Waals surface area (Å²) in [6.07, 6.45) is 0. The van der Waals surface area contributed by atoms with E-state index in [1.807, 2.05) is 0 Å². The zero-order valence-electron chi connectivity index (χ0n) is 8.85. The maximum absolute atomic E-state index is 12.8. The van der Waals surface area contributed by atoms with Gasteiger partial charge in [-0.25, -0.2) is 17.2 Å². The number of hydrogen-bond acceptors (Lipinski definition) is 3. The van der Waals surface area contributed by atoms with Crippen LogP contribution in [0.15, 0.2) is 18.2 Å². The monoisotopic (exact) mass is 264 g/mol. The topological polar surface area (TPSA) is 71.4 Å². The number of benzene rings is 1. The molecule has 7 heteroatoms. The molecule has 0 fully saturated rings. The van der Waals surface area contributed by atoms with Gasteiger partial charge in [0.2, 0.25) is 0 Å². The summed E-state index contributed by atoms with van der Waals surface area (Å²) in [5.41, 5.74) is 0.0111. The summed E-state index contributed by atoms with van der Waals surface area (Å²) < 4.78 is 48.5. The van der Waals surface area contributed by atoms with Crippen LogP contribution in [0.3, 0.4) is 0 Å². The zero-order chi connectivity index (χ0) is 13.2. The molecule has 0 aromatic heterocycles. The fourth-order valence-electron chi connectivity index (χ4n) is 1.14. The van der Waals surface area contributed by atoms with Crippen LogP contribution >= 0.6 is 0 Å². The molecule has 0 amide bonds. The predicted octanol–water partition coefficient (Wildman–Crippen LogP) is 1.35. The minimum atomic E-state index is -3.93. The van der Waals surface area contributed by atoms with E-state index in [2.05, 4.69) is 0 Å². The van der Waals surface area contributed by atoms with Gasteiger partial charge >= 0.3 is 5.97 Å². The maximum atomic E-state index is 12.8. The van der Waals surface area contributed by atoms with Crippen molar-refractivity contribution in [2.75, 3.05) is 0 Å². The Balaban J connectivity index is 2.98. The molecule has 4 nitrogen and oxygen atoms in total. The van der Waals surface area contributed by atoms with E-state index in [-0.39, 0.29) is 5.56 Å². The first-order valence-corrected chi connectivity index (χ1v) is 6.34. The second kappa shape index (κ2) is 4.79. The lowest BCUT2D eigenvalue weighted by Gasteiger charge is -2.08. The molecule has 0 aliphatic heterocycles. The van der Waals surface area contributed by atoms with E-state index in [1.165, 1.54) is 0 Å². The number of carboxylic acid groups (broad SMARTS) is 1. The summed E-state index contributed by atoms with van der Waals surface area (Å²) in [5, 5.41) is 6.99. The van der Waals surface area contributed by atoms with Crippen molar-refractivity contribution in [1.82, 2.24) is 0 Å². The molecule has 1 aromatic rings. The maximum Gasteiger partial charge on any atom is 0.321 e. The summed E-state index contributed by atoms with van der Waals surface area (Å²) in [6.45, 7) is 1.03. The van der Waals surface area contributed by atoms with Crippen LogP contribution < -0.4 is 0 Å². The minimum Gasteiger partial charge on any atom is -0.480 e. The number of carbonyl (C=O) groups is 1. The molecule has 1 rings (SSSR count). The number of aliphatic carboxylic acids is 1. The fraction of sp³-hybridized carbons (Fsp3) is 0.300. The van der Waals surface area contributed by atoms with E-state index in [9.17, 15) is 22.0 Å². The van der Waals surface area contributed by atoms with Crippen molar-refractivity contribution in [3.63, 3.8) is 0 Å². The number of halogens is 2. The van der Waals surface area contributed by atoms with Crippen molar-refractivity contribution in [2.24, 2.45) is 0 Å². The summed E-state index contributed by atoms with van der Waals surface area (Å²) in [4.78, 5) is 10.5. The fourth-order valence-corrected chi connectivity index (χ4v) is 2.34. The lowest BCUT2D eigenvalue weighted by molar-refractivity contribution is -0.136. The van der Waals surface area contributed by atoms with Gasteiger partial charge in [-0.2, -0.15) is 0 Å².